The van der Waals surface area contributed by atoms with Crippen molar-refractivity contribution in [2.75, 3.05) is 20.1 Å². The van der Waals surface area contributed by atoms with Crippen LogP contribution in [0.25, 0.3) is 17.6 Å². The summed E-state index contributed by atoms with van der Waals surface area (Å²) >= 11 is 0. The average molecular weight is 490 g/mol. The van der Waals surface area contributed by atoms with E-state index in [1.165, 1.54) is 0 Å². The predicted octanol–water partition coefficient (Wildman–Crippen LogP) is 3.02. The zero-order chi connectivity index (χ0) is 25.3. The molecule has 2 amide bonds. The fourth-order valence-electron chi connectivity index (χ4n) is 3.34. The molecule has 3 rings (SSSR count). The normalized spacial score (nSPS) is 16.2. The highest BCUT2D eigenvalue weighted by molar-refractivity contribution is 6.02. The number of amides is 2. The number of nitrogens with two attached hydrogens (primary N) is 1. The van der Waals surface area contributed by atoms with Crippen LogP contribution in [0.4, 0.5) is 26.3 Å². The number of likely N-dealkylation sites (tertiary alicyclic amines) is 1. The number of carbonyl (C=O) groups is 2. The number of aromatic nitrogens is 3. The number of benzene rings is 1. The number of rotatable bonds is 4. The summed E-state index contributed by atoms with van der Waals surface area (Å²) in [5, 5.41) is 4.25. The molecule has 1 aromatic heterocycles. The lowest BCUT2D eigenvalue weighted by Gasteiger charge is -2.29. The number of carbonyl (C=O) groups excluding carboxylic acids is 2. The van der Waals surface area contributed by atoms with Gasteiger partial charge in [0.2, 0.25) is 5.91 Å². The van der Waals surface area contributed by atoms with Crippen LogP contribution in [0, 0.1) is 5.92 Å². The van der Waals surface area contributed by atoms with Gasteiger partial charge < -0.3 is 4.90 Å². The standard InChI is InChI=1S/C20H20F6N6O2/c1-30-5-2-12(3-6-30)18(34)32(27)16(33)4-7-31-11-28-17(29-31)13-8-14(19(21,22)23)10-15(9-13)20(24,25)26/h4,7-12H,2-3,5-6,27H2,1H3/b7-4-. The average Bonchev–Trinajstić information content (AvgIpc) is 3.24. The third-order valence-corrected chi connectivity index (χ3v) is 5.27. The minimum absolute atomic E-state index is 0.00371. The fourth-order valence-corrected chi connectivity index (χ4v) is 3.34. The van der Waals surface area contributed by atoms with E-state index in [1.807, 2.05) is 11.9 Å². The van der Waals surface area contributed by atoms with E-state index in [4.69, 9.17) is 5.84 Å². The molecule has 0 unspecified atom stereocenters. The van der Waals surface area contributed by atoms with Crippen LogP contribution in [0.2, 0.25) is 0 Å². The van der Waals surface area contributed by atoms with E-state index in [-0.39, 0.29) is 6.07 Å². The number of alkyl halides is 6. The van der Waals surface area contributed by atoms with Gasteiger partial charge in [0.05, 0.1) is 11.1 Å². The molecular weight excluding hydrogens is 470 g/mol. The van der Waals surface area contributed by atoms with E-state index in [9.17, 15) is 35.9 Å². The van der Waals surface area contributed by atoms with Crippen LogP contribution < -0.4 is 5.84 Å². The van der Waals surface area contributed by atoms with Crippen molar-refractivity contribution in [3.05, 3.63) is 41.7 Å². The van der Waals surface area contributed by atoms with Crippen molar-refractivity contribution in [3.63, 3.8) is 0 Å². The second kappa shape index (κ2) is 9.54. The van der Waals surface area contributed by atoms with Gasteiger partial charge in [0.15, 0.2) is 5.82 Å². The van der Waals surface area contributed by atoms with E-state index < -0.39 is 52.6 Å². The number of hydrazine groups is 1. The van der Waals surface area contributed by atoms with Crippen molar-refractivity contribution in [2.45, 2.75) is 25.2 Å². The first-order valence-electron chi connectivity index (χ1n) is 9.96. The maximum atomic E-state index is 13.1. The predicted molar refractivity (Wildman–Crippen MR) is 107 cm³/mol. The Hall–Kier alpha value is -3.26. The number of hydrogen-bond acceptors (Lipinski definition) is 6. The van der Waals surface area contributed by atoms with Gasteiger partial charge in [-0.2, -0.15) is 26.3 Å². The summed E-state index contributed by atoms with van der Waals surface area (Å²) < 4.78 is 79.2. The maximum Gasteiger partial charge on any atom is 0.416 e. The molecule has 1 fully saturated rings. The fraction of sp³-hybridized carbons (Fsp3) is 0.400. The smallest absolute Gasteiger partial charge is 0.306 e. The monoisotopic (exact) mass is 490 g/mol. The number of piperidine rings is 1. The Kier molecular flexibility index (Phi) is 7.12. The molecule has 34 heavy (non-hydrogen) atoms. The zero-order valence-corrected chi connectivity index (χ0v) is 17.8. The van der Waals surface area contributed by atoms with Crippen molar-refractivity contribution in [3.8, 4) is 11.4 Å². The van der Waals surface area contributed by atoms with Gasteiger partial charge >= 0.3 is 12.4 Å². The Labute approximate surface area is 189 Å². The molecule has 0 spiro atoms. The summed E-state index contributed by atoms with van der Waals surface area (Å²) in [6.45, 7) is 1.36. The van der Waals surface area contributed by atoms with Crippen molar-refractivity contribution < 1.29 is 35.9 Å². The van der Waals surface area contributed by atoms with Crippen LogP contribution in [0.3, 0.4) is 0 Å². The largest absolute Gasteiger partial charge is 0.416 e. The molecule has 0 atom stereocenters. The minimum atomic E-state index is -5.02. The first kappa shape index (κ1) is 25.4. The molecule has 1 aromatic carbocycles. The summed E-state index contributed by atoms with van der Waals surface area (Å²) in [4.78, 5) is 30.4. The number of imide groups is 1. The first-order valence-corrected chi connectivity index (χ1v) is 9.96. The van der Waals surface area contributed by atoms with Crippen LogP contribution in [0.1, 0.15) is 24.0 Å². The van der Waals surface area contributed by atoms with Crippen molar-refractivity contribution in [1.29, 1.82) is 0 Å². The van der Waals surface area contributed by atoms with E-state index in [2.05, 4.69) is 10.1 Å². The number of halogens is 6. The summed E-state index contributed by atoms with van der Waals surface area (Å²) in [7, 11) is 1.91. The summed E-state index contributed by atoms with van der Waals surface area (Å²) in [6, 6.07) is 0.980. The molecule has 14 heteroatoms. The van der Waals surface area contributed by atoms with Crippen LogP contribution in [-0.2, 0) is 21.9 Å². The lowest BCUT2D eigenvalue weighted by atomic mass is 9.96. The molecule has 8 nitrogen and oxygen atoms in total. The molecule has 2 heterocycles. The third-order valence-electron chi connectivity index (χ3n) is 5.27. The minimum Gasteiger partial charge on any atom is -0.306 e. The number of hydrogen-bond donors (Lipinski definition) is 1. The molecule has 0 bridgehead atoms. The highest BCUT2D eigenvalue weighted by Gasteiger charge is 2.37. The second-order valence-corrected chi connectivity index (χ2v) is 7.78. The van der Waals surface area contributed by atoms with Crippen molar-refractivity contribution in [1.82, 2.24) is 24.7 Å². The summed E-state index contributed by atoms with van der Waals surface area (Å²) in [5.74, 6) is 3.35. The Morgan fingerprint density at radius 3 is 2.15 bits per heavy atom. The van der Waals surface area contributed by atoms with Gasteiger partial charge in [0.25, 0.3) is 5.91 Å². The number of nitrogens with zero attached hydrogens (tertiary/aromatic N) is 5. The van der Waals surface area contributed by atoms with Crippen LogP contribution >= 0.6 is 0 Å². The Morgan fingerprint density at radius 1 is 1.06 bits per heavy atom. The van der Waals surface area contributed by atoms with Gasteiger partial charge in [-0.1, -0.05) is 0 Å². The molecule has 1 aliphatic rings. The first-order chi connectivity index (χ1) is 15.8. The molecular formula is C20H20F6N6O2. The van der Waals surface area contributed by atoms with Gasteiger partial charge in [-0.15, -0.1) is 5.10 Å². The SMILES string of the molecule is CN1CCC(C(=O)N(N)C(=O)/C=C\n2cnc(-c3cc(C(F)(F)F)cc(C(F)(F)F)c3)n2)CC1. The third kappa shape index (κ3) is 5.99. The van der Waals surface area contributed by atoms with Crippen LogP contribution in [0.5, 0.6) is 0 Å². The van der Waals surface area contributed by atoms with Gasteiger partial charge in [-0.3, -0.25) is 9.59 Å². The van der Waals surface area contributed by atoms with E-state index in [1.54, 1.807) is 0 Å². The molecule has 0 radical (unpaired) electrons. The molecule has 184 valence electrons. The summed E-state index contributed by atoms with van der Waals surface area (Å²) in [5.41, 5.74) is -3.53. The molecule has 1 aliphatic heterocycles. The summed E-state index contributed by atoms with van der Waals surface area (Å²) in [6.07, 6.45) is -6.05. The maximum absolute atomic E-state index is 13.1. The van der Waals surface area contributed by atoms with E-state index in [0.717, 1.165) is 23.3 Å². The van der Waals surface area contributed by atoms with Gasteiger partial charge in [-0.25, -0.2) is 20.5 Å². The molecule has 0 saturated carbocycles. The molecule has 2 N–H and O–H groups in total. The van der Waals surface area contributed by atoms with Gasteiger partial charge in [0.1, 0.15) is 6.33 Å². The topological polar surface area (TPSA) is 97.4 Å². The van der Waals surface area contributed by atoms with Gasteiger partial charge in [0, 0.05) is 23.8 Å². The molecule has 2 aromatic rings. The van der Waals surface area contributed by atoms with Crippen molar-refractivity contribution in [2.24, 2.45) is 11.8 Å². The van der Waals surface area contributed by atoms with Gasteiger partial charge in [-0.05, 0) is 51.2 Å². The lowest BCUT2D eigenvalue weighted by molar-refractivity contribution is -0.146. The highest BCUT2D eigenvalue weighted by Crippen LogP contribution is 2.38. The lowest BCUT2D eigenvalue weighted by Crippen LogP contribution is -2.47. The van der Waals surface area contributed by atoms with Crippen LogP contribution in [-0.4, -0.2) is 56.6 Å². The molecule has 1 saturated heterocycles. The van der Waals surface area contributed by atoms with Crippen molar-refractivity contribution >= 4 is 18.0 Å². The second-order valence-electron chi connectivity index (χ2n) is 7.78. The van der Waals surface area contributed by atoms with Crippen LogP contribution in [0.15, 0.2) is 30.6 Å². The Morgan fingerprint density at radius 2 is 1.62 bits per heavy atom. The van der Waals surface area contributed by atoms with E-state index >= 15 is 0 Å². The van der Waals surface area contributed by atoms with E-state index in [0.29, 0.717) is 43.1 Å². The quantitative estimate of drug-likeness (QED) is 0.233. The highest BCUT2D eigenvalue weighted by atomic mass is 19.4. The zero-order valence-electron chi connectivity index (χ0n) is 17.8. The Balaban J connectivity index is 1.76. The Bertz CT molecular complexity index is 1050. The molecule has 0 aliphatic carbocycles.